The van der Waals surface area contributed by atoms with Crippen molar-refractivity contribution in [2.75, 3.05) is 27.3 Å². The van der Waals surface area contributed by atoms with E-state index in [4.69, 9.17) is 9.47 Å². The molecule has 0 unspecified atom stereocenters. The van der Waals surface area contributed by atoms with Crippen molar-refractivity contribution in [2.24, 2.45) is 5.92 Å². The molecule has 7 heteroatoms. The topological polar surface area (TPSA) is 79.9 Å². The summed E-state index contributed by atoms with van der Waals surface area (Å²) >= 11 is 0. The van der Waals surface area contributed by atoms with Crippen LogP contribution in [-0.2, 0) is 20.9 Å². The average Bonchev–Trinajstić information content (AvgIpc) is 2.72. The van der Waals surface area contributed by atoms with Gasteiger partial charge in [-0.15, -0.1) is 0 Å². The van der Waals surface area contributed by atoms with Gasteiger partial charge in [0.2, 0.25) is 5.91 Å². The molecule has 1 aromatic rings. The fourth-order valence-electron chi connectivity index (χ4n) is 3.80. The Morgan fingerprint density at radius 1 is 1.21 bits per heavy atom. The van der Waals surface area contributed by atoms with Gasteiger partial charge in [-0.2, -0.15) is 0 Å². The van der Waals surface area contributed by atoms with E-state index >= 15 is 0 Å². The number of hydrogen-bond acceptors (Lipinski definition) is 5. The number of amides is 2. The highest BCUT2D eigenvalue weighted by Gasteiger charge is 2.33. The van der Waals surface area contributed by atoms with Crippen LogP contribution in [0.25, 0.3) is 0 Å². The lowest BCUT2D eigenvalue weighted by molar-refractivity contribution is -0.121. The van der Waals surface area contributed by atoms with Crippen molar-refractivity contribution in [2.45, 2.75) is 57.8 Å². The molecule has 0 heterocycles. The van der Waals surface area contributed by atoms with Gasteiger partial charge < -0.3 is 25.0 Å². The maximum absolute atomic E-state index is 12.3. The summed E-state index contributed by atoms with van der Waals surface area (Å²) in [5.74, 6) is 0.0531. The summed E-state index contributed by atoms with van der Waals surface area (Å²) in [5.41, 5.74) is 0.901. The maximum atomic E-state index is 12.3. The molecule has 2 amide bonds. The third-order valence-electron chi connectivity index (χ3n) is 5.68. The van der Waals surface area contributed by atoms with Crippen LogP contribution >= 0.6 is 0 Å². The van der Waals surface area contributed by atoms with E-state index in [0.717, 1.165) is 24.8 Å². The molecule has 0 bridgehead atoms. The summed E-state index contributed by atoms with van der Waals surface area (Å²) in [6, 6.07) is 10.5. The molecule has 1 aromatic carbocycles. The standard InChI is InChI=1S/C22H35N3O4/c1-16(2)25(3)19-10-11-20(18(12-19)15-28-4)24-21(26)13-23-22(27)29-14-17-8-6-5-7-9-17/h5-9,16,18-20H,10-15H2,1-4H3,(H,23,27)(H,24,26)/t18-,19+,20-/m0/s1. The van der Waals surface area contributed by atoms with Gasteiger partial charge in [0.05, 0.1) is 6.61 Å². The first-order chi connectivity index (χ1) is 13.9. The van der Waals surface area contributed by atoms with Crippen LogP contribution in [0.2, 0.25) is 0 Å². The zero-order chi connectivity index (χ0) is 21.2. The van der Waals surface area contributed by atoms with Crippen LogP contribution in [0.1, 0.15) is 38.7 Å². The van der Waals surface area contributed by atoms with E-state index in [9.17, 15) is 9.59 Å². The molecule has 7 nitrogen and oxygen atoms in total. The molecule has 29 heavy (non-hydrogen) atoms. The van der Waals surface area contributed by atoms with E-state index < -0.39 is 6.09 Å². The van der Waals surface area contributed by atoms with Gasteiger partial charge in [-0.3, -0.25) is 4.79 Å². The highest BCUT2D eigenvalue weighted by Crippen LogP contribution is 2.29. The van der Waals surface area contributed by atoms with Crippen LogP contribution in [-0.4, -0.2) is 62.3 Å². The number of alkyl carbamates (subject to hydrolysis) is 1. The molecule has 0 spiro atoms. The first-order valence-corrected chi connectivity index (χ1v) is 10.4. The van der Waals surface area contributed by atoms with Crippen molar-refractivity contribution in [3.8, 4) is 0 Å². The first-order valence-electron chi connectivity index (χ1n) is 10.4. The second-order valence-electron chi connectivity index (χ2n) is 8.03. The summed E-state index contributed by atoms with van der Waals surface area (Å²) in [7, 11) is 3.85. The van der Waals surface area contributed by atoms with E-state index in [0.29, 0.717) is 18.7 Å². The molecule has 2 rings (SSSR count). The van der Waals surface area contributed by atoms with Crippen molar-refractivity contribution in [1.82, 2.24) is 15.5 Å². The van der Waals surface area contributed by atoms with Gasteiger partial charge in [0.15, 0.2) is 0 Å². The zero-order valence-corrected chi connectivity index (χ0v) is 18.0. The van der Waals surface area contributed by atoms with Gasteiger partial charge in [-0.1, -0.05) is 30.3 Å². The Hall–Kier alpha value is -2.12. The smallest absolute Gasteiger partial charge is 0.407 e. The number of carbonyl (C=O) groups excluding carboxylic acids is 2. The van der Waals surface area contributed by atoms with Crippen LogP contribution in [0, 0.1) is 5.92 Å². The lowest BCUT2D eigenvalue weighted by Crippen LogP contribution is -2.52. The summed E-state index contributed by atoms with van der Waals surface area (Å²) in [6.45, 7) is 5.08. The third-order valence-corrected chi connectivity index (χ3v) is 5.68. The number of nitrogens with one attached hydrogen (secondary N) is 2. The maximum Gasteiger partial charge on any atom is 0.407 e. The van der Waals surface area contributed by atoms with Crippen molar-refractivity contribution in [3.63, 3.8) is 0 Å². The number of nitrogens with zero attached hydrogens (tertiary/aromatic N) is 1. The lowest BCUT2D eigenvalue weighted by atomic mass is 9.81. The first kappa shape index (κ1) is 23.2. The Kier molecular flexibility index (Phi) is 9.41. The van der Waals surface area contributed by atoms with Gasteiger partial charge in [0.1, 0.15) is 13.2 Å². The molecule has 2 N–H and O–H groups in total. The highest BCUT2D eigenvalue weighted by molar-refractivity contribution is 5.82. The summed E-state index contributed by atoms with van der Waals surface area (Å²) < 4.78 is 10.5. The quantitative estimate of drug-likeness (QED) is 0.660. The average molecular weight is 406 g/mol. The molecule has 1 aliphatic rings. The zero-order valence-electron chi connectivity index (χ0n) is 18.0. The van der Waals surface area contributed by atoms with Crippen LogP contribution in [0.3, 0.4) is 0 Å². The van der Waals surface area contributed by atoms with E-state index in [1.54, 1.807) is 7.11 Å². The molecule has 0 saturated heterocycles. The minimum Gasteiger partial charge on any atom is -0.445 e. The second-order valence-corrected chi connectivity index (χ2v) is 8.03. The fourth-order valence-corrected chi connectivity index (χ4v) is 3.80. The van der Waals surface area contributed by atoms with E-state index in [2.05, 4.69) is 36.4 Å². The fraction of sp³-hybridized carbons (Fsp3) is 0.636. The molecule has 0 aromatic heterocycles. The van der Waals surface area contributed by atoms with Crippen molar-refractivity contribution >= 4 is 12.0 Å². The predicted octanol–water partition coefficient (Wildman–Crippen LogP) is 2.55. The lowest BCUT2D eigenvalue weighted by Gasteiger charge is -2.41. The molecule has 1 aliphatic carbocycles. The monoisotopic (exact) mass is 405 g/mol. The minimum atomic E-state index is -0.597. The van der Waals surface area contributed by atoms with E-state index in [1.165, 1.54) is 0 Å². The number of rotatable bonds is 9. The molecule has 1 saturated carbocycles. The molecule has 1 fully saturated rings. The van der Waals surface area contributed by atoms with Crippen LogP contribution in [0.4, 0.5) is 4.79 Å². The Labute approximate surface area is 174 Å². The summed E-state index contributed by atoms with van der Waals surface area (Å²) in [6.07, 6.45) is 2.33. The Balaban J connectivity index is 1.75. The van der Waals surface area contributed by atoms with Crippen LogP contribution in [0.5, 0.6) is 0 Å². The minimum absolute atomic E-state index is 0.0569. The molecular formula is C22H35N3O4. The van der Waals surface area contributed by atoms with Crippen LogP contribution in [0.15, 0.2) is 30.3 Å². The highest BCUT2D eigenvalue weighted by atomic mass is 16.5. The molecule has 0 aliphatic heterocycles. The number of ether oxygens (including phenoxy) is 2. The Morgan fingerprint density at radius 2 is 1.93 bits per heavy atom. The SMILES string of the molecule is COC[C@@H]1C[C@H](N(C)C(C)C)CC[C@@H]1NC(=O)CNC(=O)OCc1ccccc1. The summed E-state index contributed by atoms with van der Waals surface area (Å²) in [4.78, 5) is 26.5. The largest absolute Gasteiger partial charge is 0.445 e. The Bertz CT molecular complexity index is 638. The van der Waals surface area contributed by atoms with Crippen LogP contribution < -0.4 is 10.6 Å². The van der Waals surface area contributed by atoms with Crippen molar-refractivity contribution in [1.29, 1.82) is 0 Å². The predicted molar refractivity (Wildman–Crippen MR) is 112 cm³/mol. The Morgan fingerprint density at radius 3 is 2.59 bits per heavy atom. The molecular weight excluding hydrogens is 370 g/mol. The summed E-state index contributed by atoms with van der Waals surface area (Å²) in [5, 5.41) is 5.58. The number of carbonyl (C=O) groups is 2. The van der Waals surface area contributed by atoms with Gasteiger partial charge in [0, 0.05) is 31.2 Å². The third kappa shape index (κ3) is 7.66. The number of hydrogen-bond donors (Lipinski definition) is 2. The molecule has 0 radical (unpaired) electrons. The van der Waals surface area contributed by atoms with E-state index in [1.807, 2.05) is 30.3 Å². The van der Waals surface area contributed by atoms with Gasteiger partial charge in [-0.25, -0.2) is 4.79 Å². The second kappa shape index (κ2) is 11.8. The van der Waals surface area contributed by atoms with Gasteiger partial charge >= 0.3 is 6.09 Å². The molecule has 162 valence electrons. The van der Waals surface area contributed by atoms with Gasteiger partial charge in [-0.05, 0) is 45.7 Å². The number of methoxy groups -OCH3 is 1. The van der Waals surface area contributed by atoms with E-state index in [-0.39, 0.29) is 31.0 Å². The van der Waals surface area contributed by atoms with Crippen molar-refractivity contribution < 1.29 is 19.1 Å². The normalized spacial score (nSPS) is 21.8. The van der Waals surface area contributed by atoms with Crippen molar-refractivity contribution in [3.05, 3.63) is 35.9 Å². The molecule has 3 atom stereocenters. The van der Waals surface area contributed by atoms with Gasteiger partial charge in [0.25, 0.3) is 0 Å². The number of benzene rings is 1.